The average molecular weight is 839 g/mol. The van der Waals surface area contributed by atoms with Crippen LogP contribution in [0.15, 0.2) is 104 Å². The number of carbonyl (C=O) groups is 4. The van der Waals surface area contributed by atoms with Crippen LogP contribution in [0.4, 0.5) is 9.59 Å². The molecule has 2 saturated heterocycles. The highest BCUT2D eigenvalue weighted by atomic mass is 16.6. The SMILES string of the molecule is CNC(=O)O[C@@H](C)C(=O)N1CCC[C@H]1c1ncc(-c2ccc(-c3ccc(-c4cnc([C@@H]5CCCN5C(=O)[C@H](Cc5cn(Cc6ccccc6)cn5)NC(=O)OC)[nH]4)cc3)cc2)[nH]1. The van der Waals surface area contributed by atoms with Crippen LogP contribution in [-0.2, 0) is 32.0 Å². The molecular formula is C46H50N10O6. The van der Waals surface area contributed by atoms with E-state index in [-0.39, 0.29) is 30.3 Å². The third kappa shape index (κ3) is 9.23. The molecule has 4 atom stereocenters. The van der Waals surface area contributed by atoms with Gasteiger partial charge in [0, 0.05) is 39.3 Å². The Hall–Kier alpha value is -7.23. The summed E-state index contributed by atoms with van der Waals surface area (Å²) in [5.41, 5.74) is 7.49. The van der Waals surface area contributed by atoms with Gasteiger partial charge in [0.2, 0.25) is 5.91 Å². The second-order valence-corrected chi connectivity index (χ2v) is 15.6. The van der Waals surface area contributed by atoms with Gasteiger partial charge in [-0.1, -0.05) is 78.9 Å². The van der Waals surface area contributed by atoms with Crippen molar-refractivity contribution >= 4 is 24.0 Å². The maximum absolute atomic E-state index is 14.1. The Labute approximate surface area is 359 Å². The second-order valence-electron chi connectivity index (χ2n) is 15.6. The van der Waals surface area contributed by atoms with Crippen molar-refractivity contribution in [3.8, 4) is 33.6 Å². The fourth-order valence-corrected chi connectivity index (χ4v) is 8.33. The molecule has 4 amide bonds. The average Bonchev–Trinajstić information content (AvgIpc) is 4.16. The van der Waals surface area contributed by atoms with E-state index in [9.17, 15) is 19.2 Å². The Kier molecular flexibility index (Phi) is 12.4. The van der Waals surface area contributed by atoms with Crippen LogP contribution in [0.3, 0.4) is 0 Å². The number of methoxy groups -OCH3 is 1. The molecule has 3 aromatic carbocycles. The highest BCUT2D eigenvalue weighted by molar-refractivity contribution is 5.86. The molecule has 0 radical (unpaired) electrons. The normalized spacial score (nSPS) is 17.1. The van der Waals surface area contributed by atoms with Crippen LogP contribution in [0.5, 0.6) is 0 Å². The molecule has 2 fully saturated rings. The fourth-order valence-electron chi connectivity index (χ4n) is 8.33. The number of likely N-dealkylation sites (tertiary alicyclic amines) is 2. The van der Waals surface area contributed by atoms with E-state index in [0.29, 0.717) is 37.0 Å². The monoisotopic (exact) mass is 838 g/mol. The van der Waals surface area contributed by atoms with Crippen LogP contribution in [-0.4, -0.2) is 103 Å². The number of imidazole rings is 3. The number of nitrogens with one attached hydrogen (secondary N) is 4. The molecule has 62 heavy (non-hydrogen) atoms. The standard InChI is InChI=1S/C46H50N10O6/c1-29(62-45(59)47-2)43(57)55-21-7-11-39(55)41-48-24-37(51-41)33-17-13-31(14-18-33)32-15-19-34(20-16-32)38-25-49-42(52-38)40-12-8-22-56(40)44(58)36(53-46(60)61-3)23-35-27-54(28-50-35)26-30-9-5-4-6-10-30/h4-6,9-10,13-20,24-25,27-29,36,39-40H,7-8,11-12,21-23,26H2,1-3H3,(H,47,59)(H,48,51)(H,49,52)(H,53,60)/t29-,36-,39-,40-/m0/s1. The quantitative estimate of drug-likeness (QED) is 0.102. The Morgan fingerprint density at radius 3 is 1.84 bits per heavy atom. The zero-order valence-electron chi connectivity index (χ0n) is 34.9. The molecule has 4 N–H and O–H groups in total. The third-order valence-electron chi connectivity index (χ3n) is 11.5. The molecule has 0 aliphatic carbocycles. The summed E-state index contributed by atoms with van der Waals surface area (Å²) in [4.78, 5) is 75.6. The van der Waals surface area contributed by atoms with E-state index in [0.717, 1.165) is 64.9 Å². The van der Waals surface area contributed by atoms with Gasteiger partial charge in [0.15, 0.2) is 6.10 Å². The number of aromatic nitrogens is 6. The number of aromatic amines is 2. The van der Waals surface area contributed by atoms with Gasteiger partial charge in [-0.05, 0) is 60.4 Å². The molecule has 0 unspecified atom stereocenters. The first-order valence-electron chi connectivity index (χ1n) is 20.9. The van der Waals surface area contributed by atoms with E-state index < -0.39 is 24.3 Å². The number of rotatable bonds is 13. The minimum atomic E-state index is -0.902. The zero-order chi connectivity index (χ0) is 43.2. The van der Waals surface area contributed by atoms with Crippen molar-refractivity contribution < 1.29 is 28.7 Å². The van der Waals surface area contributed by atoms with Gasteiger partial charge in [-0.25, -0.2) is 24.5 Å². The minimum Gasteiger partial charge on any atom is -0.453 e. The number of hydrogen-bond donors (Lipinski definition) is 4. The van der Waals surface area contributed by atoms with Gasteiger partial charge in [-0.15, -0.1) is 0 Å². The van der Waals surface area contributed by atoms with Crippen molar-refractivity contribution in [3.63, 3.8) is 0 Å². The van der Waals surface area contributed by atoms with Crippen LogP contribution < -0.4 is 10.6 Å². The van der Waals surface area contributed by atoms with E-state index in [1.165, 1.54) is 14.2 Å². The maximum atomic E-state index is 14.1. The molecule has 0 bridgehead atoms. The topological polar surface area (TPSA) is 192 Å². The zero-order valence-corrected chi connectivity index (χ0v) is 34.9. The van der Waals surface area contributed by atoms with Gasteiger partial charge in [-0.3, -0.25) is 9.59 Å². The van der Waals surface area contributed by atoms with Crippen LogP contribution in [0.2, 0.25) is 0 Å². The van der Waals surface area contributed by atoms with Crippen molar-refractivity contribution in [2.24, 2.45) is 0 Å². The first-order valence-corrected chi connectivity index (χ1v) is 20.9. The number of nitrogens with zero attached hydrogens (tertiary/aromatic N) is 6. The molecule has 16 heteroatoms. The summed E-state index contributed by atoms with van der Waals surface area (Å²) in [6, 6.07) is 25.1. The van der Waals surface area contributed by atoms with Gasteiger partial charge < -0.3 is 44.4 Å². The number of carbonyl (C=O) groups excluding carboxylic acids is 4. The molecule has 2 aliphatic heterocycles. The van der Waals surface area contributed by atoms with Crippen molar-refractivity contribution in [2.75, 3.05) is 27.2 Å². The lowest BCUT2D eigenvalue weighted by Crippen LogP contribution is -2.49. The third-order valence-corrected chi connectivity index (χ3v) is 11.5. The second kappa shape index (κ2) is 18.6. The molecule has 8 rings (SSSR count). The first kappa shape index (κ1) is 41.5. The Morgan fingerprint density at radius 1 is 0.742 bits per heavy atom. The smallest absolute Gasteiger partial charge is 0.407 e. The molecule has 5 heterocycles. The highest BCUT2D eigenvalue weighted by Crippen LogP contribution is 2.35. The Morgan fingerprint density at radius 2 is 1.29 bits per heavy atom. The number of alkyl carbamates (subject to hydrolysis) is 2. The molecule has 6 aromatic rings. The highest BCUT2D eigenvalue weighted by Gasteiger charge is 2.37. The van der Waals surface area contributed by atoms with Crippen LogP contribution >= 0.6 is 0 Å². The van der Waals surface area contributed by atoms with Crippen molar-refractivity contribution in [1.82, 2.24) is 49.9 Å². The largest absolute Gasteiger partial charge is 0.453 e. The summed E-state index contributed by atoms with van der Waals surface area (Å²) in [5, 5.41) is 5.13. The lowest BCUT2D eigenvalue weighted by Gasteiger charge is -2.28. The summed E-state index contributed by atoms with van der Waals surface area (Å²) >= 11 is 0. The summed E-state index contributed by atoms with van der Waals surface area (Å²) < 4.78 is 12.0. The van der Waals surface area contributed by atoms with Gasteiger partial charge >= 0.3 is 12.2 Å². The van der Waals surface area contributed by atoms with E-state index in [1.807, 2.05) is 65.4 Å². The van der Waals surface area contributed by atoms with E-state index >= 15 is 0 Å². The number of hydrogen-bond acceptors (Lipinski definition) is 9. The van der Waals surface area contributed by atoms with Gasteiger partial charge in [0.1, 0.15) is 17.7 Å². The first-order chi connectivity index (χ1) is 30.2. The number of amides is 4. The number of ether oxygens (including phenoxy) is 2. The Balaban J connectivity index is 0.903. The number of benzene rings is 3. The van der Waals surface area contributed by atoms with E-state index in [1.54, 1.807) is 35.4 Å². The Bertz CT molecular complexity index is 2500. The van der Waals surface area contributed by atoms with Gasteiger partial charge in [0.25, 0.3) is 5.91 Å². The van der Waals surface area contributed by atoms with Crippen LogP contribution in [0, 0.1) is 0 Å². The molecule has 0 spiro atoms. The molecule has 3 aromatic heterocycles. The van der Waals surface area contributed by atoms with Crippen molar-refractivity contribution in [1.29, 1.82) is 0 Å². The summed E-state index contributed by atoms with van der Waals surface area (Å²) in [5.74, 6) is 0.921. The molecule has 320 valence electrons. The minimum absolute atomic E-state index is 0.212. The summed E-state index contributed by atoms with van der Waals surface area (Å²) in [6.07, 6.45) is 8.33. The summed E-state index contributed by atoms with van der Waals surface area (Å²) in [6.45, 7) is 3.33. The van der Waals surface area contributed by atoms with Crippen LogP contribution in [0.1, 0.15) is 67.6 Å². The predicted molar refractivity (Wildman–Crippen MR) is 230 cm³/mol. The van der Waals surface area contributed by atoms with Crippen molar-refractivity contribution in [2.45, 2.75) is 69.8 Å². The molecule has 0 saturated carbocycles. The molecular weight excluding hydrogens is 789 g/mol. The van der Waals surface area contributed by atoms with Crippen LogP contribution in [0.25, 0.3) is 33.6 Å². The lowest BCUT2D eigenvalue weighted by atomic mass is 10.0. The maximum Gasteiger partial charge on any atom is 0.407 e. The summed E-state index contributed by atoms with van der Waals surface area (Å²) in [7, 11) is 2.74. The van der Waals surface area contributed by atoms with E-state index in [2.05, 4.69) is 54.8 Å². The van der Waals surface area contributed by atoms with Gasteiger partial charge in [0.05, 0.1) is 55.0 Å². The van der Waals surface area contributed by atoms with E-state index in [4.69, 9.17) is 14.5 Å². The molecule has 2 aliphatic rings. The van der Waals surface area contributed by atoms with Gasteiger partial charge in [-0.2, -0.15) is 0 Å². The lowest BCUT2D eigenvalue weighted by molar-refractivity contribution is -0.140. The number of H-pyrrole nitrogens is 2. The van der Waals surface area contributed by atoms with Crippen molar-refractivity contribution in [3.05, 3.63) is 127 Å². The molecule has 16 nitrogen and oxygen atoms in total. The fraction of sp³-hybridized carbons (Fsp3) is 0.326. The predicted octanol–water partition coefficient (Wildman–Crippen LogP) is 6.42.